The van der Waals surface area contributed by atoms with E-state index in [1.165, 1.54) is 0 Å². The summed E-state index contributed by atoms with van der Waals surface area (Å²) in [6, 6.07) is 5.92. The van der Waals surface area contributed by atoms with Crippen molar-refractivity contribution in [1.29, 1.82) is 0 Å². The minimum absolute atomic E-state index is 0.131. The fourth-order valence-electron chi connectivity index (χ4n) is 2.11. The molecule has 0 aromatic heterocycles. The first kappa shape index (κ1) is 12.2. The number of aromatic hydroxyl groups is 1. The quantitative estimate of drug-likeness (QED) is 0.722. The second-order valence-corrected chi connectivity index (χ2v) is 4.68. The van der Waals surface area contributed by atoms with Gasteiger partial charge in [0.1, 0.15) is 5.75 Å². The van der Waals surface area contributed by atoms with Gasteiger partial charge in [-0.25, -0.2) is 0 Å². The Balaban J connectivity index is 2.22. The Bertz CT molecular complexity index is 389. The second kappa shape index (κ2) is 4.94. The lowest BCUT2D eigenvalue weighted by Gasteiger charge is -2.24. The van der Waals surface area contributed by atoms with Crippen LogP contribution < -0.4 is 10.6 Å². The number of nitrogens with zero attached hydrogens (tertiary/aromatic N) is 1. The van der Waals surface area contributed by atoms with E-state index in [-0.39, 0.29) is 18.4 Å². The van der Waals surface area contributed by atoms with Crippen LogP contribution in [0.3, 0.4) is 0 Å². The zero-order valence-corrected chi connectivity index (χ0v) is 10.1. The van der Waals surface area contributed by atoms with Gasteiger partial charge >= 0.3 is 0 Å². The van der Waals surface area contributed by atoms with E-state index in [0.29, 0.717) is 12.6 Å². The molecular weight excluding hydrogens is 216 g/mol. The molecule has 1 saturated carbocycles. The first-order valence-corrected chi connectivity index (χ1v) is 6.09. The molecule has 4 heteroatoms. The summed E-state index contributed by atoms with van der Waals surface area (Å²) in [6.07, 6.45) is 2.33. The SMILES string of the molecule is CC(N)c1ccc(N(CCO)C2CC2)cc1O. The first-order chi connectivity index (χ1) is 8.13. The van der Waals surface area contributed by atoms with E-state index in [9.17, 15) is 5.11 Å². The smallest absolute Gasteiger partial charge is 0.122 e. The molecular formula is C13H20N2O2. The number of anilines is 1. The first-order valence-electron chi connectivity index (χ1n) is 6.09. The summed E-state index contributed by atoms with van der Waals surface area (Å²) in [6.45, 7) is 2.59. The van der Waals surface area contributed by atoms with Gasteiger partial charge in [-0.15, -0.1) is 0 Å². The van der Waals surface area contributed by atoms with Gasteiger partial charge in [-0.1, -0.05) is 6.07 Å². The molecule has 2 rings (SSSR count). The van der Waals surface area contributed by atoms with E-state index >= 15 is 0 Å². The van der Waals surface area contributed by atoms with Crippen LogP contribution in [0, 0.1) is 0 Å². The summed E-state index contributed by atoms with van der Waals surface area (Å²) in [4.78, 5) is 2.14. The van der Waals surface area contributed by atoms with E-state index in [1.807, 2.05) is 19.1 Å². The highest BCUT2D eigenvalue weighted by Gasteiger charge is 2.29. The largest absolute Gasteiger partial charge is 0.508 e. The minimum Gasteiger partial charge on any atom is -0.508 e. The number of hydrogen-bond donors (Lipinski definition) is 3. The van der Waals surface area contributed by atoms with Crippen LogP contribution in [0.4, 0.5) is 5.69 Å². The lowest BCUT2D eigenvalue weighted by Crippen LogP contribution is -2.28. The third-order valence-corrected chi connectivity index (χ3v) is 3.16. The molecule has 0 spiro atoms. The van der Waals surface area contributed by atoms with Gasteiger partial charge in [0.05, 0.1) is 6.61 Å². The summed E-state index contributed by atoms with van der Waals surface area (Å²) >= 11 is 0. The van der Waals surface area contributed by atoms with Gasteiger partial charge in [-0.2, -0.15) is 0 Å². The summed E-state index contributed by atoms with van der Waals surface area (Å²) < 4.78 is 0. The van der Waals surface area contributed by atoms with Gasteiger partial charge in [0, 0.05) is 35.9 Å². The van der Waals surface area contributed by atoms with Crippen LogP contribution in [0.5, 0.6) is 5.75 Å². The summed E-state index contributed by atoms with van der Waals surface area (Å²) in [5.41, 5.74) is 7.48. The van der Waals surface area contributed by atoms with E-state index in [4.69, 9.17) is 10.8 Å². The maximum atomic E-state index is 9.91. The van der Waals surface area contributed by atoms with E-state index in [1.54, 1.807) is 6.07 Å². The molecule has 0 bridgehead atoms. The maximum absolute atomic E-state index is 9.91. The predicted octanol–water partition coefficient (Wildman–Crippen LogP) is 1.37. The normalized spacial score (nSPS) is 16.9. The van der Waals surface area contributed by atoms with Gasteiger partial charge in [0.25, 0.3) is 0 Å². The number of benzene rings is 1. The van der Waals surface area contributed by atoms with Crippen molar-refractivity contribution in [2.75, 3.05) is 18.1 Å². The molecule has 4 nitrogen and oxygen atoms in total. The predicted molar refractivity (Wildman–Crippen MR) is 68.2 cm³/mol. The average Bonchev–Trinajstić information content (AvgIpc) is 3.09. The third-order valence-electron chi connectivity index (χ3n) is 3.16. The van der Waals surface area contributed by atoms with Crippen molar-refractivity contribution < 1.29 is 10.2 Å². The lowest BCUT2D eigenvalue weighted by molar-refractivity contribution is 0.301. The molecule has 0 radical (unpaired) electrons. The van der Waals surface area contributed by atoms with Crippen LogP contribution in [0.2, 0.25) is 0 Å². The molecule has 1 aliphatic rings. The van der Waals surface area contributed by atoms with Gasteiger partial charge in [-0.3, -0.25) is 0 Å². The lowest BCUT2D eigenvalue weighted by atomic mass is 10.1. The van der Waals surface area contributed by atoms with E-state index in [2.05, 4.69) is 4.90 Å². The third kappa shape index (κ3) is 2.70. The van der Waals surface area contributed by atoms with E-state index < -0.39 is 0 Å². The number of aliphatic hydroxyl groups excluding tert-OH is 1. The Hall–Kier alpha value is -1.26. The number of phenols is 1. The molecule has 1 atom stereocenters. The minimum atomic E-state index is -0.170. The van der Waals surface area contributed by atoms with E-state index in [0.717, 1.165) is 24.1 Å². The second-order valence-electron chi connectivity index (χ2n) is 4.68. The molecule has 94 valence electrons. The number of nitrogens with two attached hydrogens (primary N) is 1. The topological polar surface area (TPSA) is 69.7 Å². The van der Waals surface area contributed by atoms with Crippen LogP contribution in [0.15, 0.2) is 18.2 Å². The number of hydrogen-bond acceptors (Lipinski definition) is 4. The Labute approximate surface area is 102 Å². The molecule has 17 heavy (non-hydrogen) atoms. The number of aliphatic hydroxyl groups is 1. The average molecular weight is 236 g/mol. The highest BCUT2D eigenvalue weighted by molar-refractivity contribution is 5.55. The zero-order chi connectivity index (χ0) is 12.4. The molecule has 1 fully saturated rings. The standard InChI is InChI=1S/C13H20N2O2/c1-9(14)12-5-4-11(8-13(12)17)15(6-7-16)10-2-3-10/h4-5,8-10,16-17H,2-3,6-7,14H2,1H3. The van der Waals surface area contributed by atoms with Gasteiger partial charge in [0.15, 0.2) is 0 Å². The van der Waals surface area contributed by atoms with Crippen molar-refractivity contribution in [3.63, 3.8) is 0 Å². The number of rotatable bonds is 5. The van der Waals surface area contributed by atoms with Crippen molar-refractivity contribution in [1.82, 2.24) is 0 Å². The number of phenolic OH excluding ortho intramolecular Hbond substituents is 1. The molecule has 4 N–H and O–H groups in total. The fraction of sp³-hybridized carbons (Fsp3) is 0.538. The Morgan fingerprint density at radius 1 is 1.47 bits per heavy atom. The molecule has 1 aromatic carbocycles. The Morgan fingerprint density at radius 2 is 2.18 bits per heavy atom. The summed E-state index contributed by atoms with van der Waals surface area (Å²) in [5.74, 6) is 0.237. The molecule has 0 heterocycles. The maximum Gasteiger partial charge on any atom is 0.122 e. The van der Waals surface area contributed by atoms with Crippen molar-refractivity contribution in [2.24, 2.45) is 5.73 Å². The monoisotopic (exact) mass is 236 g/mol. The summed E-state index contributed by atoms with van der Waals surface area (Å²) in [7, 11) is 0. The van der Waals surface area contributed by atoms with Crippen LogP contribution in [0.1, 0.15) is 31.4 Å². The Morgan fingerprint density at radius 3 is 2.65 bits per heavy atom. The molecule has 0 aliphatic heterocycles. The van der Waals surface area contributed by atoms with Crippen LogP contribution in [-0.2, 0) is 0 Å². The van der Waals surface area contributed by atoms with Crippen LogP contribution >= 0.6 is 0 Å². The fourth-order valence-corrected chi connectivity index (χ4v) is 2.11. The van der Waals surface area contributed by atoms with Crippen LogP contribution in [-0.4, -0.2) is 29.4 Å². The summed E-state index contributed by atoms with van der Waals surface area (Å²) in [5, 5.41) is 19.0. The van der Waals surface area contributed by atoms with Crippen molar-refractivity contribution in [3.8, 4) is 5.75 Å². The molecule has 1 unspecified atom stereocenters. The molecule has 0 saturated heterocycles. The highest BCUT2D eigenvalue weighted by atomic mass is 16.3. The Kier molecular flexibility index (Phi) is 3.54. The van der Waals surface area contributed by atoms with Crippen molar-refractivity contribution >= 4 is 5.69 Å². The van der Waals surface area contributed by atoms with Crippen molar-refractivity contribution in [3.05, 3.63) is 23.8 Å². The highest BCUT2D eigenvalue weighted by Crippen LogP contribution is 2.34. The van der Waals surface area contributed by atoms with Crippen molar-refractivity contribution in [2.45, 2.75) is 31.8 Å². The van der Waals surface area contributed by atoms with Gasteiger partial charge in [0.2, 0.25) is 0 Å². The van der Waals surface area contributed by atoms with Gasteiger partial charge < -0.3 is 20.8 Å². The van der Waals surface area contributed by atoms with Crippen LogP contribution in [0.25, 0.3) is 0 Å². The molecule has 1 aromatic rings. The zero-order valence-electron chi connectivity index (χ0n) is 10.1. The van der Waals surface area contributed by atoms with Gasteiger partial charge in [-0.05, 0) is 25.8 Å². The molecule has 0 amide bonds. The molecule has 1 aliphatic carbocycles.